The van der Waals surface area contributed by atoms with Gasteiger partial charge in [0.25, 0.3) is 0 Å². The summed E-state index contributed by atoms with van der Waals surface area (Å²) in [6, 6.07) is 3.61. The van der Waals surface area contributed by atoms with E-state index in [-0.39, 0.29) is 5.92 Å². The predicted molar refractivity (Wildman–Crippen MR) is 53.7 cm³/mol. The molecule has 1 N–H and O–H groups in total. The molecule has 14 heavy (non-hydrogen) atoms. The smallest absolute Gasteiger partial charge is 0.129 e. The molecule has 1 saturated heterocycles. The summed E-state index contributed by atoms with van der Waals surface area (Å²) in [4.78, 5) is 3.94. The van der Waals surface area contributed by atoms with Gasteiger partial charge in [0.05, 0.1) is 0 Å². The molecular formula is C11H15FN2. The highest BCUT2D eigenvalue weighted by atomic mass is 19.1. The van der Waals surface area contributed by atoms with Gasteiger partial charge in [-0.3, -0.25) is 4.98 Å². The van der Waals surface area contributed by atoms with Crippen LogP contribution in [-0.2, 0) is 0 Å². The Morgan fingerprint density at radius 2 is 2.21 bits per heavy atom. The van der Waals surface area contributed by atoms with E-state index in [1.165, 1.54) is 0 Å². The second-order valence-electron chi connectivity index (χ2n) is 3.78. The number of piperidine rings is 1. The van der Waals surface area contributed by atoms with Crippen molar-refractivity contribution in [2.75, 3.05) is 13.1 Å². The molecule has 0 aliphatic carbocycles. The minimum absolute atomic E-state index is 0.167. The van der Waals surface area contributed by atoms with E-state index in [1.54, 1.807) is 18.5 Å². The number of rotatable bonds is 2. The highest BCUT2D eigenvalue weighted by Crippen LogP contribution is 2.31. The van der Waals surface area contributed by atoms with Crippen molar-refractivity contribution in [3.05, 3.63) is 30.1 Å². The third-order valence-electron chi connectivity index (χ3n) is 2.80. The Morgan fingerprint density at radius 1 is 1.43 bits per heavy atom. The van der Waals surface area contributed by atoms with E-state index in [0.29, 0.717) is 0 Å². The molecule has 1 unspecified atom stereocenters. The van der Waals surface area contributed by atoms with E-state index in [1.807, 2.05) is 6.07 Å². The molecule has 3 heteroatoms. The van der Waals surface area contributed by atoms with Crippen LogP contribution in [0.2, 0.25) is 0 Å². The normalized spacial score (nSPS) is 20.6. The van der Waals surface area contributed by atoms with Crippen molar-refractivity contribution in [2.24, 2.45) is 5.92 Å². The largest absolute Gasteiger partial charge is 0.317 e. The Hall–Kier alpha value is -0.960. The molecule has 1 aromatic heterocycles. The van der Waals surface area contributed by atoms with Gasteiger partial charge in [0.1, 0.15) is 6.17 Å². The summed E-state index contributed by atoms with van der Waals surface area (Å²) in [6.07, 6.45) is 4.32. The minimum Gasteiger partial charge on any atom is -0.317 e. The van der Waals surface area contributed by atoms with Crippen LogP contribution in [0, 0.1) is 5.92 Å². The molecule has 1 fully saturated rings. The van der Waals surface area contributed by atoms with E-state index in [2.05, 4.69) is 10.3 Å². The molecular weight excluding hydrogens is 179 g/mol. The van der Waals surface area contributed by atoms with Crippen LogP contribution in [-0.4, -0.2) is 18.1 Å². The summed E-state index contributed by atoms with van der Waals surface area (Å²) >= 11 is 0. The first-order chi connectivity index (χ1) is 6.88. The summed E-state index contributed by atoms with van der Waals surface area (Å²) in [5.41, 5.74) is 0.722. The summed E-state index contributed by atoms with van der Waals surface area (Å²) < 4.78 is 14.0. The van der Waals surface area contributed by atoms with Crippen molar-refractivity contribution in [3.8, 4) is 0 Å². The third kappa shape index (κ3) is 2.10. The summed E-state index contributed by atoms with van der Waals surface area (Å²) in [5, 5.41) is 3.24. The Kier molecular flexibility index (Phi) is 3.09. The first-order valence-electron chi connectivity index (χ1n) is 5.12. The number of hydrogen-bond donors (Lipinski definition) is 1. The van der Waals surface area contributed by atoms with Crippen molar-refractivity contribution in [2.45, 2.75) is 19.0 Å². The number of hydrogen-bond acceptors (Lipinski definition) is 2. The zero-order valence-electron chi connectivity index (χ0n) is 8.12. The molecule has 0 bridgehead atoms. The Labute approximate surface area is 83.6 Å². The number of nitrogens with one attached hydrogen (secondary N) is 1. The van der Waals surface area contributed by atoms with Gasteiger partial charge in [-0.2, -0.15) is 0 Å². The SMILES string of the molecule is FC(c1cccnc1)C1CCNCC1. The monoisotopic (exact) mass is 194 g/mol. The molecule has 2 heterocycles. The summed E-state index contributed by atoms with van der Waals surface area (Å²) in [6.45, 7) is 1.87. The molecule has 2 nitrogen and oxygen atoms in total. The van der Waals surface area contributed by atoms with E-state index >= 15 is 0 Å². The molecule has 1 aliphatic heterocycles. The maximum atomic E-state index is 14.0. The highest BCUT2D eigenvalue weighted by molar-refractivity contribution is 5.13. The molecule has 76 valence electrons. The zero-order chi connectivity index (χ0) is 9.80. The van der Waals surface area contributed by atoms with Gasteiger partial charge in [0, 0.05) is 18.0 Å². The molecule has 0 spiro atoms. The second kappa shape index (κ2) is 4.51. The lowest BCUT2D eigenvalue weighted by molar-refractivity contribution is 0.190. The Balaban J connectivity index is 2.03. The Bertz CT molecular complexity index is 270. The van der Waals surface area contributed by atoms with Crippen molar-refractivity contribution < 1.29 is 4.39 Å². The number of aromatic nitrogens is 1. The van der Waals surface area contributed by atoms with Crippen LogP contribution < -0.4 is 5.32 Å². The molecule has 1 atom stereocenters. The second-order valence-corrected chi connectivity index (χ2v) is 3.78. The lowest BCUT2D eigenvalue weighted by Crippen LogP contribution is -2.29. The highest BCUT2D eigenvalue weighted by Gasteiger charge is 2.24. The van der Waals surface area contributed by atoms with Crippen molar-refractivity contribution in [1.29, 1.82) is 0 Å². The van der Waals surface area contributed by atoms with E-state index in [4.69, 9.17) is 0 Å². The van der Waals surface area contributed by atoms with Crippen LogP contribution in [0.3, 0.4) is 0 Å². The van der Waals surface area contributed by atoms with Crippen LogP contribution in [0.5, 0.6) is 0 Å². The fourth-order valence-corrected chi connectivity index (χ4v) is 1.95. The molecule has 0 amide bonds. The van der Waals surface area contributed by atoms with Crippen LogP contribution in [0.1, 0.15) is 24.6 Å². The van der Waals surface area contributed by atoms with E-state index in [0.717, 1.165) is 31.5 Å². The van der Waals surface area contributed by atoms with Crippen LogP contribution in [0.15, 0.2) is 24.5 Å². The lowest BCUT2D eigenvalue weighted by atomic mass is 9.90. The van der Waals surface area contributed by atoms with Gasteiger partial charge >= 0.3 is 0 Å². The molecule has 0 radical (unpaired) electrons. The third-order valence-corrected chi connectivity index (χ3v) is 2.80. The standard InChI is InChI=1S/C11H15FN2/c12-11(9-3-6-13-7-4-9)10-2-1-5-14-8-10/h1-2,5,8-9,11,13H,3-4,6-7H2. The van der Waals surface area contributed by atoms with Gasteiger partial charge < -0.3 is 5.32 Å². The van der Waals surface area contributed by atoms with Gasteiger partial charge in [-0.1, -0.05) is 6.07 Å². The van der Waals surface area contributed by atoms with Crippen LogP contribution in [0.25, 0.3) is 0 Å². The molecule has 0 saturated carbocycles. The lowest BCUT2D eigenvalue weighted by Gasteiger charge is -2.25. The van der Waals surface area contributed by atoms with E-state index in [9.17, 15) is 4.39 Å². The number of pyridine rings is 1. The molecule has 0 aromatic carbocycles. The van der Waals surface area contributed by atoms with Gasteiger partial charge in [0.2, 0.25) is 0 Å². The number of nitrogens with zero attached hydrogens (tertiary/aromatic N) is 1. The first-order valence-corrected chi connectivity index (χ1v) is 5.12. The zero-order valence-corrected chi connectivity index (χ0v) is 8.12. The molecule has 2 rings (SSSR count). The number of halogens is 1. The molecule has 1 aromatic rings. The Morgan fingerprint density at radius 3 is 2.86 bits per heavy atom. The van der Waals surface area contributed by atoms with Gasteiger partial charge in [-0.15, -0.1) is 0 Å². The summed E-state index contributed by atoms with van der Waals surface area (Å²) in [7, 11) is 0. The average molecular weight is 194 g/mol. The van der Waals surface area contributed by atoms with Crippen LogP contribution >= 0.6 is 0 Å². The molecule has 1 aliphatic rings. The number of alkyl halides is 1. The van der Waals surface area contributed by atoms with Gasteiger partial charge in [-0.05, 0) is 37.9 Å². The van der Waals surface area contributed by atoms with Gasteiger partial charge in [0.15, 0.2) is 0 Å². The quantitative estimate of drug-likeness (QED) is 0.779. The first kappa shape index (κ1) is 9.59. The van der Waals surface area contributed by atoms with Crippen molar-refractivity contribution in [1.82, 2.24) is 10.3 Å². The maximum absolute atomic E-state index is 14.0. The van der Waals surface area contributed by atoms with Crippen molar-refractivity contribution in [3.63, 3.8) is 0 Å². The fourth-order valence-electron chi connectivity index (χ4n) is 1.95. The summed E-state index contributed by atoms with van der Waals surface area (Å²) in [5.74, 6) is 0.167. The average Bonchev–Trinajstić information content (AvgIpc) is 2.30. The minimum atomic E-state index is -0.842. The predicted octanol–water partition coefficient (Wildman–Crippen LogP) is 2.09. The van der Waals surface area contributed by atoms with E-state index < -0.39 is 6.17 Å². The topological polar surface area (TPSA) is 24.9 Å². The van der Waals surface area contributed by atoms with Crippen LogP contribution in [0.4, 0.5) is 4.39 Å². The van der Waals surface area contributed by atoms with Gasteiger partial charge in [-0.25, -0.2) is 4.39 Å². The maximum Gasteiger partial charge on any atom is 0.129 e. The van der Waals surface area contributed by atoms with Crippen molar-refractivity contribution >= 4 is 0 Å². The fraction of sp³-hybridized carbons (Fsp3) is 0.545.